The predicted octanol–water partition coefficient (Wildman–Crippen LogP) is 2.10. The number of anilines is 1. The lowest BCUT2D eigenvalue weighted by atomic mass is 10.0. The molecular formula is C13H18N4O. The van der Waals surface area contributed by atoms with Crippen LogP contribution in [-0.2, 0) is 4.74 Å². The zero-order chi connectivity index (χ0) is 12.4. The number of hydrogen-bond donors (Lipinski definition) is 2. The van der Waals surface area contributed by atoms with Gasteiger partial charge in [0.25, 0.3) is 0 Å². The van der Waals surface area contributed by atoms with E-state index in [4.69, 9.17) is 4.74 Å². The van der Waals surface area contributed by atoms with E-state index in [0.717, 1.165) is 55.0 Å². The number of nitrogens with zero attached hydrogens (tertiary/aromatic N) is 2. The third-order valence-corrected chi connectivity index (χ3v) is 3.55. The largest absolute Gasteiger partial charge is 0.381 e. The van der Waals surface area contributed by atoms with Gasteiger partial charge < -0.3 is 10.1 Å². The lowest BCUT2D eigenvalue weighted by Crippen LogP contribution is -2.23. The maximum absolute atomic E-state index is 5.37. The monoisotopic (exact) mass is 246 g/mol. The molecule has 96 valence electrons. The smallest absolute Gasteiger partial charge is 0.137 e. The fourth-order valence-corrected chi connectivity index (χ4v) is 2.44. The summed E-state index contributed by atoms with van der Waals surface area (Å²) in [6, 6.07) is 1.93. The fraction of sp³-hybridized carbons (Fsp3) is 0.538. The SMILES string of the molecule is Cc1[nH]nc2ccnc(NCC3CCOCC3)c12. The molecule has 1 aliphatic heterocycles. The summed E-state index contributed by atoms with van der Waals surface area (Å²) < 4.78 is 5.37. The molecule has 0 unspecified atom stereocenters. The van der Waals surface area contributed by atoms with Gasteiger partial charge in [0.15, 0.2) is 0 Å². The van der Waals surface area contributed by atoms with Crippen LogP contribution in [0.1, 0.15) is 18.5 Å². The lowest BCUT2D eigenvalue weighted by molar-refractivity contribution is 0.0699. The van der Waals surface area contributed by atoms with Gasteiger partial charge in [0.05, 0.1) is 10.9 Å². The average Bonchev–Trinajstić information content (AvgIpc) is 2.80. The summed E-state index contributed by atoms with van der Waals surface area (Å²) in [5, 5.41) is 11.8. The van der Waals surface area contributed by atoms with Gasteiger partial charge in [-0.05, 0) is 31.7 Å². The minimum Gasteiger partial charge on any atom is -0.381 e. The molecule has 2 aromatic rings. The second-order valence-electron chi connectivity index (χ2n) is 4.84. The Bertz CT molecular complexity index is 531. The molecule has 3 heterocycles. The molecule has 0 saturated carbocycles. The Morgan fingerprint density at radius 2 is 2.28 bits per heavy atom. The highest BCUT2D eigenvalue weighted by molar-refractivity contribution is 5.91. The van der Waals surface area contributed by atoms with Crippen molar-refractivity contribution in [1.82, 2.24) is 15.2 Å². The number of rotatable bonds is 3. The van der Waals surface area contributed by atoms with Crippen molar-refractivity contribution in [2.24, 2.45) is 5.92 Å². The standard InChI is InChI=1S/C13H18N4O/c1-9-12-11(17-16-9)2-5-14-13(12)15-8-10-3-6-18-7-4-10/h2,5,10H,3-4,6-8H2,1H3,(H,14,15)(H,16,17). The van der Waals surface area contributed by atoms with E-state index in [-0.39, 0.29) is 0 Å². The molecule has 0 radical (unpaired) electrons. The molecule has 1 fully saturated rings. The van der Waals surface area contributed by atoms with E-state index in [1.54, 1.807) is 6.20 Å². The van der Waals surface area contributed by atoms with Gasteiger partial charge in [0, 0.05) is 31.6 Å². The Hall–Kier alpha value is -1.62. The molecule has 2 aromatic heterocycles. The Balaban J connectivity index is 1.75. The Morgan fingerprint density at radius 3 is 3.11 bits per heavy atom. The highest BCUT2D eigenvalue weighted by Gasteiger charge is 2.15. The number of aromatic amines is 1. The summed E-state index contributed by atoms with van der Waals surface area (Å²) >= 11 is 0. The van der Waals surface area contributed by atoms with Crippen LogP contribution in [0, 0.1) is 12.8 Å². The van der Waals surface area contributed by atoms with Gasteiger partial charge >= 0.3 is 0 Å². The predicted molar refractivity (Wildman–Crippen MR) is 70.7 cm³/mol. The van der Waals surface area contributed by atoms with Crippen LogP contribution in [0.5, 0.6) is 0 Å². The summed E-state index contributed by atoms with van der Waals surface area (Å²) in [4.78, 5) is 4.42. The molecule has 2 N–H and O–H groups in total. The minimum absolute atomic E-state index is 0.683. The Kier molecular flexibility index (Phi) is 3.15. The maximum Gasteiger partial charge on any atom is 0.137 e. The van der Waals surface area contributed by atoms with E-state index in [9.17, 15) is 0 Å². The molecule has 5 heteroatoms. The second kappa shape index (κ2) is 4.94. The normalized spacial score (nSPS) is 17.2. The number of fused-ring (bicyclic) bond motifs is 1. The molecule has 0 bridgehead atoms. The van der Waals surface area contributed by atoms with Crippen LogP contribution in [0.2, 0.25) is 0 Å². The molecule has 1 aliphatic rings. The van der Waals surface area contributed by atoms with Gasteiger partial charge in [-0.1, -0.05) is 0 Å². The number of aryl methyl sites for hydroxylation is 1. The van der Waals surface area contributed by atoms with Crippen LogP contribution in [0.15, 0.2) is 12.3 Å². The third-order valence-electron chi connectivity index (χ3n) is 3.55. The van der Waals surface area contributed by atoms with Crippen molar-refractivity contribution in [1.29, 1.82) is 0 Å². The van der Waals surface area contributed by atoms with Crippen molar-refractivity contribution in [3.05, 3.63) is 18.0 Å². The van der Waals surface area contributed by atoms with Crippen molar-refractivity contribution >= 4 is 16.7 Å². The fourth-order valence-electron chi connectivity index (χ4n) is 2.44. The first-order valence-corrected chi connectivity index (χ1v) is 6.46. The van der Waals surface area contributed by atoms with Crippen molar-refractivity contribution in [3.63, 3.8) is 0 Å². The number of ether oxygens (including phenoxy) is 1. The maximum atomic E-state index is 5.37. The van der Waals surface area contributed by atoms with E-state index in [1.807, 2.05) is 13.0 Å². The number of H-pyrrole nitrogens is 1. The topological polar surface area (TPSA) is 62.8 Å². The van der Waals surface area contributed by atoms with E-state index in [2.05, 4.69) is 20.5 Å². The van der Waals surface area contributed by atoms with Crippen molar-refractivity contribution < 1.29 is 4.74 Å². The number of nitrogens with one attached hydrogen (secondary N) is 2. The molecule has 0 aromatic carbocycles. The van der Waals surface area contributed by atoms with E-state index < -0.39 is 0 Å². The summed E-state index contributed by atoms with van der Waals surface area (Å²) in [6.45, 7) is 4.75. The summed E-state index contributed by atoms with van der Waals surface area (Å²) in [6.07, 6.45) is 4.07. The van der Waals surface area contributed by atoms with E-state index in [1.165, 1.54) is 0 Å². The summed E-state index contributed by atoms with van der Waals surface area (Å²) in [7, 11) is 0. The first-order valence-electron chi connectivity index (χ1n) is 6.46. The van der Waals surface area contributed by atoms with Crippen LogP contribution in [0.3, 0.4) is 0 Å². The first kappa shape index (κ1) is 11.5. The second-order valence-corrected chi connectivity index (χ2v) is 4.84. The van der Waals surface area contributed by atoms with Crippen molar-refractivity contribution in [2.45, 2.75) is 19.8 Å². The van der Waals surface area contributed by atoms with E-state index >= 15 is 0 Å². The van der Waals surface area contributed by atoms with Crippen LogP contribution in [-0.4, -0.2) is 34.9 Å². The van der Waals surface area contributed by atoms with Crippen LogP contribution in [0.25, 0.3) is 10.9 Å². The van der Waals surface area contributed by atoms with Gasteiger partial charge in [-0.3, -0.25) is 5.10 Å². The molecule has 0 aliphatic carbocycles. The molecule has 3 rings (SSSR count). The number of hydrogen-bond acceptors (Lipinski definition) is 4. The van der Waals surface area contributed by atoms with Gasteiger partial charge in [0.1, 0.15) is 5.82 Å². The third kappa shape index (κ3) is 2.18. The average molecular weight is 246 g/mol. The molecule has 0 spiro atoms. The zero-order valence-corrected chi connectivity index (χ0v) is 10.6. The highest BCUT2D eigenvalue weighted by Crippen LogP contribution is 2.23. The van der Waals surface area contributed by atoms with Crippen molar-refractivity contribution in [3.8, 4) is 0 Å². The molecule has 0 atom stereocenters. The first-order chi connectivity index (χ1) is 8.84. The van der Waals surface area contributed by atoms with Crippen molar-refractivity contribution in [2.75, 3.05) is 25.1 Å². The molecule has 18 heavy (non-hydrogen) atoms. The van der Waals surface area contributed by atoms with Gasteiger partial charge in [-0.25, -0.2) is 4.98 Å². The molecule has 0 amide bonds. The van der Waals surface area contributed by atoms with Gasteiger partial charge in [-0.15, -0.1) is 0 Å². The summed E-state index contributed by atoms with van der Waals surface area (Å²) in [5.41, 5.74) is 2.03. The highest BCUT2D eigenvalue weighted by atomic mass is 16.5. The minimum atomic E-state index is 0.683. The zero-order valence-electron chi connectivity index (χ0n) is 10.6. The van der Waals surface area contributed by atoms with Crippen LogP contribution < -0.4 is 5.32 Å². The van der Waals surface area contributed by atoms with Crippen LogP contribution >= 0.6 is 0 Å². The number of aromatic nitrogens is 3. The molecule has 5 nitrogen and oxygen atoms in total. The Labute approximate surface area is 106 Å². The van der Waals surface area contributed by atoms with E-state index in [0.29, 0.717) is 5.92 Å². The molecular weight excluding hydrogens is 228 g/mol. The van der Waals surface area contributed by atoms with Gasteiger partial charge in [0.2, 0.25) is 0 Å². The van der Waals surface area contributed by atoms with Gasteiger partial charge in [-0.2, -0.15) is 5.10 Å². The van der Waals surface area contributed by atoms with Crippen LogP contribution in [0.4, 0.5) is 5.82 Å². The Morgan fingerprint density at radius 1 is 1.44 bits per heavy atom. The molecule has 1 saturated heterocycles. The number of pyridine rings is 1. The quantitative estimate of drug-likeness (QED) is 0.870. The summed E-state index contributed by atoms with van der Waals surface area (Å²) in [5.74, 6) is 1.62. The lowest BCUT2D eigenvalue weighted by Gasteiger charge is -2.22.